The molecule has 0 aromatic heterocycles. The fourth-order valence-electron chi connectivity index (χ4n) is 2.29. The van der Waals surface area contributed by atoms with Crippen LogP contribution in [0.3, 0.4) is 0 Å². The molecular formula is C15H12Cl2N2O. The number of benzene rings is 2. The van der Waals surface area contributed by atoms with E-state index in [1.54, 1.807) is 18.2 Å². The lowest BCUT2D eigenvalue weighted by Crippen LogP contribution is -2.13. The second-order valence-corrected chi connectivity index (χ2v) is 5.41. The summed E-state index contributed by atoms with van der Waals surface area (Å²) in [5.74, 6) is -0.300. The van der Waals surface area contributed by atoms with Crippen LogP contribution in [-0.2, 0) is 6.42 Å². The van der Waals surface area contributed by atoms with Gasteiger partial charge in [0.25, 0.3) is 5.91 Å². The summed E-state index contributed by atoms with van der Waals surface area (Å²) in [4.78, 5) is 12.3. The molecule has 0 bridgehead atoms. The van der Waals surface area contributed by atoms with Gasteiger partial charge in [-0.25, -0.2) is 0 Å². The molecule has 3 nitrogen and oxygen atoms in total. The molecule has 0 spiro atoms. The fraction of sp³-hybridized carbons (Fsp3) is 0.133. The average Bonchev–Trinajstić information content (AvgIpc) is 2.85. The van der Waals surface area contributed by atoms with Crippen LogP contribution < -0.4 is 10.6 Å². The van der Waals surface area contributed by atoms with Gasteiger partial charge in [0, 0.05) is 17.9 Å². The predicted molar refractivity (Wildman–Crippen MR) is 83.1 cm³/mol. The topological polar surface area (TPSA) is 41.1 Å². The second-order valence-electron chi connectivity index (χ2n) is 4.60. The molecule has 1 aliphatic rings. The maximum Gasteiger partial charge on any atom is 0.258 e. The van der Waals surface area contributed by atoms with Gasteiger partial charge in [-0.3, -0.25) is 4.79 Å². The van der Waals surface area contributed by atoms with E-state index in [9.17, 15) is 4.79 Å². The first kappa shape index (κ1) is 13.3. The molecule has 0 saturated carbocycles. The number of rotatable bonds is 2. The summed E-state index contributed by atoms with van der Waals surface area (Å²) in [6.45, 7) is 0.934. The molecule has 0 fully saturated rings. The second kappa shape index (κ2) is 5.35. The van der Waals surface area contributed by atoms with E-state index in [1.807, 2.05) is 18.2 Å². The quantitative estimate of drug-likeness (QED) is 0.872. The zero-order valence-corrected chi connectivity index (χ0v) is 12.1. The molecule has 20 heavy (non-hydrogen) atoms. The first-order valence-corrected chi connectivity index (χ1v) is 7.03. The first-order valence-electron chi connectivity index (χ1n) is 6.27. The summed E-state index contributed by atoms with van der Waals surface area (Å²) < 4.78 is 0. The third-order valence-corrected chi connectivity index (χ3v) is 3.89. The van der Waals surface area contributed by atoms with Crippen LogP contribution in [0.25, 0.3) is 0 Å². The van der Waals surface area contributed by atoms with Gasteiger partial charge in [-0.2, -0.15) is 0 Å². The first-order chi connectivity index (χ1) is 9.65. The van der Waals surface area contributed by atoms with Crippen molar-refractivity contribution in [1.82, 2.24) is 0 Å². The lowest BCUT2D eigenvalue weighted by Gasteiger charge is -2.09. The van der Waals surface area contributed by atoms with Gasteiger partial charge < -0.3 is 10.6 Å². The van der Waals surface area contributed by atoms with Gasteiger partial charge in [0.05, 0.1) is 15.6 Å². The molecule has 2 N–H and O–H groups in total. The van der Waals surface area contributed by atoms with Gasteiger partial charge in [0.1, 0.15) is 0 Å². The summed E-state index contributed by atoms with van der Waals surface area (Å²) in [5, 5.41) is 6.80. The molecule has 2 aromatic rings. The van der Waals surface area contributed by atoms with Crippen molar-refractivity contribution in [3.8, 4) is 0 Å². The number of halogens is 2. The van der Waals surface area contributed by atoms with E-state index in [4.69, 9.17) is 23.2 Å². The standard InChI is InChI=1S/C15H12Cl2N2O/c16-11-2-1-3-12(17)14(11)15(20)19-10-4-5-13-9(8-10)6-7-18-13/h1-5,8,18H,6-7H2,(H,19,20). The molecular weight excluding hydrogens is 295 g/mol. The third kappa shape index (κ3) is 2.47. The molecule has 0 unspecified atom stereocenters. The Balaban J connectivity index is 1.86. The summed E-state index contributed by atoms with van der Waals surface area (Å²) in [6.07, 6.45) is 0.964. The monoisotopic (exact) mass is 306 g/mol. The zero-order valence-electron chi connectivity index (χ0n) is 10.5. The number of amides is 1. The van der Waals surface area contributed by atoms with Crippen LogP contribution in [0.2, 0.25) is 10.0 Å². The fourth-order valence-corrected chi connectivity index (χ4v) is 2.86. The van der Waals surface area contributed by atoms with Crippen molar-refractivity contribution in [1.29, 1.82) is 0 Å². The number of nitrogens with one attached hydrogen (secondary N) is 2. The minimum absolute atomic E-state index is 0.300. The highest BCUT2D eigenvalue weighted by molar-refractivity contribution is 6.40. The smallest absolute Gasteiger partial charge is 0.258 e. The number of fused-ring (bicyclic) bond motifs is 1. The molecule has 3 rings (SSSR count). The Hall–Kier alpha value is -1.71. The molecule has 5 heteroatoms. The normalized spacial score (nSPS) is 12.7. The molecule has 102 valence electrons. The summed E-state index contributed by atoms with van der Waals surface area (Å²) >= 11 is 12.1. The Labute approximate surface area is 126 Å². The lowest BCUT2D eigenvalue weighted by molar-refractivity contribution is 0.102. The molecule has 0 saturated heterocycles. The maximum atomic E-state index is 12.3. The van der Waals surface area contributed by atoms with Crippen LogP contribution in [0.4, 0.5) is 11.4 Å². The largest absolute Gasteiger partial charge is 0.384 e. The van der Waals surface area contributed by atoms with E-state index in [-0.39, 0.29) is 5.91 Å². The summed E-state index contributed by atoms with van der Waals surface area (Å²) in [5.41, 5.74) is 3.37. The van der Waals surface area contributed by atoms with Gasteiger partial charge in [-0.15, -0.1) is 0 Å². The molecule has 0 atom stereocenters. The highest BCUT2D eigenvalue weighted by atomic mass is 35.5. The molecule has 1 aliphatic heterocycles. The average molecular weight is 307 g/mol. The number of carbonyl (C=O) groups is 1. The molecule has 1 amide bonds. The van der Waals surface area contributed by atoms with Crippen LogP contribution in [0, 0.1) is 0 Å². The molecule has 2 aromatic carbocycles. The van der Waals surface area contributed by atoms with E-state index in [2.05, 4.69) is 10.6 Å². The predicted octanol–water partition coefficient (Wildman–Crippen LogP) is 4.21. The van der Waals surface area contributed by atoms with E-state index in [1.165, 1.54) is 5.56 Å². The SMILES string of the molecule is O=C(Nc1ccc2c(c1)CCN2)c1c(Cl)cccc1Cl. The van der Waals surface area contributed by atoms with Gasteiger partial charge >= 0.3 is 0 Å². The molecule has 0 radical (unpaired) electrons. The van der Waals surface area contributed by atoms with Crippen molar-refractivity contribution in [3.05, 3.63) is 57.6 Å². The van der Waals surface area contributed by atoms with Gasteiger partial charge in [0.2, 0.25) is 0 Å². The van der Waals surface area contributed by atoms with Crippen LogP contribution in [0.5, 0.6) is 0 Å². The van der Waals surface area contributed by atoms with Crippen molar-refractivity contribution in [3.63, 3.8) is 0 Å². The molecule has 1 heterocycles. The van der Waals surface area contributed by atoms with E-state index in [0.717, 1.165) is 24.3 Å². The van der Waals surface area contributed by atoms with Crippen LogP contribution in [0.15, 0.2) is 36.4 Å². The number of anilines is 2. The Morgan fingerprint density at radius 2 is 1.90 bits per heavy atom. The lowest BCUT2D eigenvalue weighted by atomic mass is 10.1. The maximum absolute atomic E-state index is 12.3. The van der Waals surface area contributed by atoms with Crippen LogP contribution >= 0.6 is 23.2 Å². The highest BCUT2D eigenvalue weighted by Crippen LogP contribution is 2.28. The summed E-state index contributed by atoms with van der Waals surface area (Å²) in [6, 6.07) is 10.8. The number of hydrogen-bond acceptors (Lipinski definition) is 2. The van der Waals surface area contributed by atoms with Gasteiger partial charge in [-0.05, 0) is 42.3 Å². The molecule has 0 aliphatic carbocycles. The number of hydrogen-bond donors (Lipinski definition) is 2. The van der Waals surface area contributed by atoms with Crippen molar-refractivity contribution >= 4 is 40.5 Å². The van der Waals surface area contributed by atoms with Crippen molar-refractivity contribution < 1.29 is 4.79 Å². The van der Waals surface area contributed by atoms with Gasteiger partial charge in [-0.1, -0.05) is 29.3 Å². The summed E-state index contributed by atoms with van der Waals surface area (Å²) in [7, 11) is 0. The van der Waals surface area contributed by atoms with E-state index >= 15 is 0 Å². The van der Waals surface area contributed by atoms with Gasteiger partial charge in [0.15, 0.2) is 0 Å². The minimum atomic E-state index is -0.300. The van der Waals surface area contributed by atoms with E-state index < -0.39 is 0 Å². The zero-order chi connectivity index (χ0) is 14.1. The third-order valence-electron chi connectivity index (χ3n) is 3.26. The Kier molecular flexibility index (Phi) is 3.55. The van der Waals surface area contributed by atoms with Crippen LogP contribution in [0.1, 0.15) is 15.9 Å². The minimum Gasteiger partial charge on any atom is -0.384 e. The van der Waals surface area contributed by atoms with Crippen molar-refractivity contribution in [2.45, 2.75) is 6.42 Å². The Morgan fingerprint density at radius 3 is 2.65 bits per heavy atom. The Morgan fingerprint density at radius 1 is 1.15 bits per heavy atom. The van der Waals surface area contributed by atoms with E-state index in [0.29, 0.717) is 15.6 Å². The number of carbonyl (C=O) groups excluding carboxylic acids is 1. The Bertz CT molecular complexity index is 665. The van der Waals surface area contributed by atoms with Crippen molar-refractivity contribution in [2.75, 3.05) is 17.2 Å². The van der Waals surface area contributed by atoms with Crippen LogP contribution in [-0.4, -0.2) is 12.5 Å². The highest BCUT2D eigenvalue weighted by Gasteiger charge is 2.16. The van der Waals surface area contributed by atoms with Crippen molar-refractivity contribution in [2.24, 2.45) is 0 Å².